The monoisotopic (exact) mass is 259 g/mol. The van der Waals surface area contributed by atoms with Crippen LogP contribution in [0.1, 0.15) is 30.1 Å². The van der Waals surface area contributed by atoms with E-state index in [2.05, 4.69) is 21.2 Å². The van der Waals surface area contributed by atoms with E-state index in [1.807, 2.05) is 6.92 Å². The molecule has 0 saturated heterocycles. The minimum Gasteiger partial charge on any atom is -0.472 e. The van der Waals surface area contributed by atoms with Crippen molar-refractivity contribution in [3.8, 4) is 0 Å². The molecular weight excluding hydrogens is 246 g/mol. The summed E-state index contributed by atoms with van der Waals surface area (Å²) < 4.78 is 4.83. The zero-order valence-electron chi connectivity index (χ0n) is 8.13. The lowest BCUT2D eigenvalue weighted by molar-refractivity contribution is 0.0938. The highest BCUT2D eigenvalue weighted by molar-refractivity contribution is 9.09. The van der Waals surface area contributed by atoms with E-state index in [0.717, 1.165) is 18.2 Å². The number of alkyl halides is 1. The zero-order valence-corrected chi connectivity index (χ0v) is 9.71. The average Bonchev–Trinajstić information content (AvgIpc) is 2.67. The van der Waals surface area contributed by atoms with Crippen LogP contribution in [0.25, 0.3) is 0 Å². The van der Waals surface area contributed by atoms with Crippen LogP contribution in [0, 0.1) is 0 Å². The summed E-state index contributed by atoms with van der Waals surface area (Å²) in [5, 5.41) is 3.87. The van der Waals surface area contributed by atoms with Gasteiger partial charge in [-0.3, -0.25) is 4.79 Å². The maximum atomic E-state index is 11.5. The molecule has 4 heteroatoms. The van der Waals surface area contributed by atoms with Gasteiger partial charge in [-0.1, -0.05) is 15.9 Å². The van der Waals surface area contributed by atoms with Gasteiger partial charge in [0.15, 0.2) is 0 Å². The predicted molar refractivity (Wildman–Crippen MR) is 58.7 cm³/mol. The van der Waals surface area contributed by atoms with Crippen molar-refractivity contribution < 1.29 is 9.21 Å². The molecule has 0 fully saturated rings. The summed E-state index contributed by atoms with van der Waals surface area (Å²) in [5.74, 6) is -0.0687. The quantitative estimate of drug-likeness (QED) is 0.827. The van der Waals surface area contributed by atoms with Crippen LogP contribution in [0.15, 0.2) is 23.0 Å². The zero-order chi connectivity index (χ0) is 10.4. The lowest BCUT2D eigenvalue weighted by Crippen LogP contribution is -2.32. The van der Waals surface area contributed by atoms with E-state index in [-0.39, 0.29) is 11.9 Å². The minimum atomic E-state index is -0.0687. The molecule has 0 aliphatic heterocycles. The molecule has 0 radical (unpaired) electrons. The Hall–Kier alpha value is -0.770. The van der Waals surface area contributed by atoms with Gasteiger partial charge < -0.3 is 9.73 Å². The van der Waals surface area contributed by atoms with E-state index in [1.54, 1.807) is 6.07 Å². The topological polar surface area (TPSA) is 42.2 Å². The van der Waals surface area contributed by atoms with Crippen molar-refractivity contribution in [2.45, 2.75) is 25.8 Å². The second kappa shape index (κ2) is 5.86. The molecule has 0 aliphatic carbocycles. The van der Waals surface area contributed by atoms with E-state index < -0.39 is 0 Å². The predicted octanol–water partition coefficient (Wildman–Crippen LogP) is 2.57. The molecule has 1 heterocycles. The first kappa shape index (κ1) is 11.3. The third-order valence-corrected chi connectivity index (χ3v) is 2.49. The first-order valence-corrected chi connectivity index (χ1v) is 5.75. The van der Waals surface area contributed by atoms with Gasteiger partial charge in [0, 0.05) is 11.4 Å². The molecule has 1 aromatic heterocycles. The Balaban J connectivity index is 2.34. The lowest BCUT2D eigenvalue weighted by Gasteiger charge is -2.11. The molecule has 3 nitrogen and oxygen atoms in total. The van der Waals surface area contributed by atoms with Crippen LogP contribution in [-0.4, -0.2) is 17.3 Å². The van der Waals surface area contributed by atoms with E-state index in [0.29, 0.717) is 5.56 Å². The molecule has 1 amide bonds. The van der Waals surface area contributed by atoms with Crippen LogP contribution in [0.3, 0.4) is 0 Å². The Labute approximate surface area is 92.0 Å². The Kier molecular flexibility index (Phi) is 4.73. The summed E-state index contributed by atoms with van der Waals surface area (Å²) >= 11 is 3.36. The van der Waals surface area contributed by atoms with Gasteiger partial charge in [-0.2, -0.15) is 0 Å². The maximum absolute atomic E-state index is 11.5. The van der Waals surface area contributed by atoms with Crippen LogP contribution in [-0.2, 0) is 0 Å². The highest BCUT2D eigenvalue weighted by Crippen LogP contribution is 2.03. The molecule has 1 unspecified atom stereocenters. The van der Waals surface area contributed by atoms with Gasteiger partial charge in [-0.25, -0.2) is 0 Å². The number of hydrogen-bond donors (Lipinski definition) is 1. The first-order valence-electron chi connectivity index (χ1n) is 4.63. The molecule has 1 aromatic rings. The number of halogens is 1. The second-order valence-electron chi connectivity index (χ2n) is 3.22. The normalized spacial score (nSPS) is 12.4. The van der Waals surface area contributed by atoms with Gasteiger partial charge >= 0.3 is 0 Å². The maximum Gasteiger partial charge on any atom is 0.254 e. The molecule has 0 bridgehead atoms. The lowest BCUT2D eigenvalue weighted by atomic mass is 10.2. The number of rotatable bonds is 5. The number of furan rings is 1. The van der Waals surface area contributed by atoms with E-state index in [1.165, 1.54) is 12.5 Å². The molecular formula is C10H14BrNO2. The van der Waals surface area contributed by atoms with Crippen molar-refractivity contribution in [3.05, 3.63) is 24.2 Å². The second-order valence-corrected chi connectivity index (χ2v) is 4.01. The third kappa shape index (κ3) is 3.54. The van der Waals surface area contributed by atoms with E-state index in [9.17, 15) is 4.79 Å². The summed E-state index contributed by atoms with van der Waals surface area (Å²) in [6.45, 7) is 2.00. The number of carbonyl (C=O) groups is 1. The molecule has 0 aromatic carbocycles. The number of hydrogen-bond acceptors (Lipinski definition) is 2. The van der Waals surface area contributed by atoms with Crippen LogP contribution < -0.4 is 5.32 Å². The van der Waals surface area contributed by atoms with Crippen LogP contribution in [0.4, 0.5) is 0 Å². The molecule has 0 aliphatic rings. The Morgan fingerprint density at radius 1 is 1.71 bits per heavy atom. The molecule has 78 valence electrons. The summed E-state index contributed by atoms with van der Waals surface area (Å²) in [5.41, 5.74) is 0.579. The van der Waals surface area contributed by atoms with Crippen molar-refractivity contribution in [2.24, 2.45) is 0 Å². The highest BCUT2D eigenvalue weighted by atomic mass is 79.9. The van der Waals surface area contributed by atoms with Gasteiger partial charge in [0.05, 0.1) is 11.8 Å². The van der Waals surface area contributed by atoms with Crippen molar-refractivity contribution >= 4 is 21.8 Å². The van der Waals surface area contributed by atoms with Gasteiger partial charge in [0.2, 0.25) is 0 Å². The number of carbonyl (C=O) groups excluding carboxylic acids is 1. The molecule has 1 atom stereocenters. The van der Waals surface area contributed by atoms with Crippen LogP contribution >= 0.6 is 15.9 Å². The summed E-state index contributed by atoms with van der Waals surface area (Å²) in [6.07, 6.45) is 4.99. The number of amides is 1. The van der Waals surface area contributed by atoms with Crippen molar-refractivity contribution in [3.63, 3.8) is 0 Å². The van der Waals surface area contributed by atoms with Crippen LogP contribution in [0.2, 0.25) is 0 Å². The first-order chi connectivity index (χ1) is 6.74. The molecule has 0 spiro atoms. The molecule has 14 heavy (non-hydrogen) atoms. The smallest absolute Gasteiger partial charge is 0.254 e. The van der Waals surface area contributed by atoms with Gasteiger partial charge in [0.1, 0.15) is 6.26 Å². The minimum absolute atomic E-state index is 0.0687. The van der Waals surface area contributed by atoms with Gasteiger partial charge in [-0.05, 0) is 25.8 Å². The third-order valence-electron chi connectivity index (χ3n) is 1.93. The standard InChI is InChI=1S/C10H14BrNO2/c1-8(3-2-5-11)12-10(13)9-4-6-14-7-9/h4,6-8H,2-3,5H2,1H3,(H,12,13). The van der Waals surface area contributed by atoms with E-state index in [4.69, 9.17) is 4.42 Å². The fraction of sp³-hybridized carbons (Fsp3) is 0.500. The Morgan fingerprint density at radius 2 is 2.50 bits per heavy atom. The van der Waals surface area contributed by atoms with Crippen LogP contribution in [0.5, 0.6) is 0 Å². The molecule has 1 N–H and O–H groups in total. The largest absolute Gasteiger partial charge is 0.472 e. The fourth-order valence-corrected chi connectivity index (χ4v) is 1.48. The Bertz CT molecular complexity index is 272. The average molecular weight is 260 g/mol. The highest BCUT2D eigenvalue weighted by Gasteiger charge is 2.09. The summed E-state index contributed by atoms with van der Waals surface area (Å²) in [4.78, 5) is 11.5. The molecule has 0 saturated carbocycles. The Morgan fingerprint density at radius 3 is 3.07 bits per heavy atom. The van der Waals surface area contributed by atoms with Crippen molar-refractivity contribution in [1.82, 2.24) is 5.32 Å². The fourth-order valence-electron chi connectivity index (χ4n) is 1.16. The van der Waals surface area contributed by atoms with Gasteiger partial charge in [-0.15, -0.1) is 0 Å². The van der Waals surface area contributed by atoms with Crippen molar-refractivity contribution in [2.75, 3.05) is 5.33 Å². The van der Waals surface area contributed by atoms with Crippen molar-refractivity contribution in [1.29, 1.82) is 0 Å². The summed E-state index contributed by atoms with van der Waals surface area (Å²) in [6, 6.07) is 1.86. The number of nitrogens with one attached hydrogen (secondary N) is 1. The molecule has 1 rings (SSSR count). The van der Waals surface area contributed by atoms with Gasteiger partial charge in [0.25, 0.3) is 5.91 Å². The summed E-state index contributed by atoms with van der Waals surface area (Å²) in [7, 11) is 0. The SMILES string of the molecule is CC(CCCBr)NC(=O)c1ccoc1. The van der Waals surface area contributed by atoms with E-state index >= 15 is 0 Å².